The monoisotopic (exact) mass is 280 g/mol. The minimum absolute atomic E-state index is 0.558. The molecule has 0 atom stereocenters. The molecule has 0 amide bonds. The van der Waals surface area contributed by atoms with Crippen LogP contribution in [0.4, 0.5) is 5.82 Å². The SMILES string of the molecule is c1coc(CNc2nccn3c(-c4ccco4)cnc23)c1. The van der Waals surface area contributed by atoms with Gasteiger partial charge in [-0.2, -0.15) is 0 Å². The summed E-state index contributed by atoms with van der Waals surface area (Å²) in [6, 6.07) is 7.52. The highest BCUT2D eigenvalue weighted by Gasteiger charge is 2.11. The molecule has 6 nitrogen and oxygen atoms in total. The number of hydrogen-bond donors (Lipinski definition) is 1. The van der Waals surface area contributed by atoms with Gasteiger partial charge in [0.05, 0.1) is 25.3 Å². The molecule has 0 saturated carbocycles. The lowest BCUT2D eigenvalue weighted by molar-refractivity contribution is 0.518. The second-order valence-electron chi connectivity index (χ2n) is 4.52. The van der Waals surface area contributed by atoms with Crippen molar-refractivity contribution < 1.29 is 8.83 Å². The number of nitrogens with zero attached hydrogens (tertiary/aromatic N) is 3. The van der Waals surface area contributed by atoms with Crippen LogP contribution >= 0.6 is 0 Å². The van der Waals surface area contributed by atoms with E-state index in [2.05, 4.69) is 15.3 Å². The van der Waals surface area contributed by atoms with Crippen molar-refractivity contribution >= 4 is 11.5 Å². The Morgan fingerprint density at radius 1 is 1.10 bits per heavy atom. The van der Waals surface area contributed by atoms with E-state index in [1.165, 1.54) is 0 Å². The summed E-state index contributed by atoms with van der Waals surface area (Å²) in [5.74, 6) is 2.31. The van der Waals surface area contributed by atoms with Crippen molar-refractivity contribution in [3.05, 3.63) is 61.1 Å². The zero-order valence-electron chi connectivity index (χ0n) is 11.1. The number of rotatable bonds is 4. The van der Waals surface area contributed by atoms with Crippen molar-refractivity contribution in [2.24, 2.45) is 0 Å². The third-order valence-electron chi connectivity index (χ3n) is 3.21. The summed E-state index contributed by atoms with van der Waals surface area (Å²) in [6.45, 7) is 0.558. The minimum atomic E-state index is 0.558. The molecule has 4 aromatic rings. The summed E-state index contributed by atoms with van der Waals surface area (Å²) in [4.78, 5) is 8.76. The van der Waals surface area contributed by atoms with Gasteiger partial charge in [-0.3, -0.25) is 4.40 Å². The summed E-state index contributed by atoms with van der Waals surface area (Å²) in [5.41, 5.74) is 1.63. The fourth-order valence-corrected chi connectivity index (χ4v) is 2.23. The molecular weight excluding hydrogens is 268 g/mol. The number of nitrogens with one attached hydrogen (secondary N) is 1. The Hall–Kier alpha value is -3.02. The molecule has 0 aliphatic heterocycles. The molecule has 4 heterocycles. The molecule has 0 bridgehead atoms. The first-order chi connectivity index (χ1) is 10.4. The van der Waals surface area contributed by atoms with Crippen LogP contribution in [-0.4, -0.2) is 14.4 Å². The van der Waals surface area contributed by atoms with E-state index in [1.54, 1.807) is 24.9 Å². The van der Waals surface area contributed by atoms with Gasteiger partial charge in [-0.25, -0.2) is 9.97 Å². The average molecular weight is 280 g/mol. The molecule has 0 fully saturated rings. The van der Waals surface area contributed by atoms with Crippen molar-refractivity contribution in [3.63, 3.8) is 0 Å². The second-order valence-corrected chi connectivity index (χ2v) is 4.52. The third-order valence-corrected chi connectivity index (χ3v) is 3.21. The van der Waals surface area contributed by atoms with Crippen LogP contribution in [0.25, 0.3) is 17.1 Å². The van der Waals surface area contributed by atoms with Crippen LogP contribution in [0, 0.1) is 0 Å². The quantitative estimate of drug-likeness (QED) is 0.621. The number of imidazole rings is 1. The van der Waals surface area contributed by atoms with Gasteiger partial charge in [0.15, 0.2) is 17.2 Å². The Kier molecular flexibility index (Phi) is 2.71. The second kappa shape index (κ2) is 4.82. The number of hydrogen-bond acceptors (Lipinski definition) is 5. The fraction of sp³-hybridized carbons (Fsp3) is 0.0667. The maximum absolute atomic E-state index is 5.43. The Balaban J connectivity index is 1.70. The molecule has 0 aromatic carbocycles. The van der Waals surface area contributed by atoms with Gasteiger partial charge in [0, 0.05) is 12.4 Å². The molecule has 0 unspecified atom stereocenters. The first-order valence-corrected chi connectivity index (χ1v) is 6.54. The van der Waals surface area contributed by atoms with Gasteiger partial charge < -0.3 is 14.2 Å². The van der Waals surface area contributed by atoms with E-state index in [4.69, 9.17) is 8.83 Å². The smallest absolute Gasteiger partial charge is 0.180 e. The van der Waals surface area contributed by atoms with Crippen LogP contribution in [0.15, 0.2) is 64.2 Å². The lowest BCUT2D eigenvalue weighted by Crippen LogP contribution is -2.03. The molecule has 0 aliphatic carbocycles. The normalized spacial score (nSPS) is 11.0. The summed E-state index contributed by atoms with van der Waals surface area (Å²) in [6.07, 6.45) is 8.65. The van der Waals surface area contributed by atoms with Gasteiger partial charge in [-0.15, -0.1) is 0 Å². The van der Waals surface area contributed by atoms with Gasteiger partial charge >= 0.3 is 0 Å². The molecule has 0 saturated heterocycles. The van der Waals surface area contributed by atoms with Crippen LogP contribution in [-0.2, 0) is 6.54 Å². The zero-order valence-corrected chi connectivity index (χ0v) is 11.1. The average Bonchev–Trinajstić information content (AvgIpc) is 3.24. The van der Waals surface area contributed by atoms with E-state index in [0.717, 1.165) is 22.9 Å². The highest BCUT2D eigenvalue weighted by Crippen LogP contribution is 2.23. The summed E-state index contributed by atoms with van der Waals surface area (Å²) >= 11 is 0. The van der Waals surface area contributed by atoms with Crippen LogP contribution in [0.1, 0.15) is 5.76 Å². The van der Waals surface area contributed by atoms with Gasteiger partial charge in [0.2, 0.25) is 0 Å². The summed E-state index contributed by atoms with van der Waals surface area (Å²) in [7, 11) is 0. The van der Waals surface area contributed by atoms with Crippen LogP contribution in [0.3, 0.4) is 0 Å². The predicted molar refractivity (Wildman–Crippen MR) is 76.7 cm³/mol. The number of anilines is 1. The van der Waals surface area contributed by atoms with Gasteiger partial charge in [-0.1, -0.05) is 0 Å². The van der Waals surface area contributed by atoms with Crippen LogP contribution in [0.2, 0.25) is 0 Å². The van der Waals surface area contributed by atoms with Crippen LogP contribution < -0.4 is 5.32 Å². The molecule has 104 valence electrons. The largest absolute Gasteiger partial charge is 0.467 e. The van der Waals surface area contributed by atoms with Gasteiger partial charge in [0.1, 0.15) is 11.5 Å². The first-order valence-electron chi connectivity index (χ1n) is 6.54. The van der Waals surface area contributed by atoms with E-state index in [1.807, 2.05) is 34.9 Å². The maximum atomic E-state index is 5.43. The van der Waals surface area contributed by atoms with Crippen molar-refractivity contribution in [2.75, 3.05) is 5.32 Å². The first kappa shape index (κ1) is 11.8. The molecule has 0 radical (unpaired) electrons. The third kappa shape index (κ3) is 2.06. The van der Waals surface area contributed by atoms with E-state index in [-0.39, 0.29) is 0 Å². The lowest BCUT2D eigenvalue weighted by Gasteiger charge is -2.05. The highest BCUT2D eigenvalue weighted by molar-refractivity contribution is 5.68. The standard InChI is InChI=1S/C15H12N4O2/c1-3-11(20-7-1)9-17-14-15-18-10-12(13-4-2-8-21-13)19(15)6-5-16-14/h1-8,10H,9H2,(H,16,17). The zero-order chi connectivity index (χ0) is 14.1. The van der Waals surface area contributed by atoms with Crippen molar-refractivity contribution in [3.8, 4) is 11.5 Å². The van der Waals surface area contributed by atoms with Crippen molar-refractivity contribution in [2.45, 2.75) is 6.54 Å². The molecule has 21 heavy (non-hydrogen) atoms. The van der Waals surface area contributed by atoms with Crippen molar-refractivity contribution in [1.29, 1.82) is 0 Å². The number of aromatic nitrogens is 3. The predicted octanol–water partition coefficient (Wildman–Crippen LogP) is 3.19. The fourth-order valence-electron chi connectivity index (χ4n) is 2.23. The Morgan fingerprint density at radius 3 is 2.81 bits per heavy atom. The summed E-state index contributed by atoms with van der Waals surface area (Å²) in [5, 5.41) is 3.23. The molecular formula is C15H12N4O2. The van der Waals surface area contributed by atoms with Crippen molar-refractivity contribution in [1.82, 2.24) is 14.4 Å². The molecule has 1 N–H and O–H groups in total. The molecule has 4 rings (SSSR count). The maximum Gasteiger partial charge on any atom is 0.180 e. The van der Waals surface area contributed by atoms with Gasteiger partial charge in [0.25, 0.3) is 0 Å². The van der Waals surface area contributed by atoms with E-state index in [9.17, 15) is 0 Å². The topological polar surface area (TPSA) is 68.5 Å². The van der Waals surface area contributed by atoms with E-state index in [0.29, 0.717) is 12.4 Å². The Morgan fingerprint density at radius 2 is 2.00 bits per heavy atom. The van der Waals surface area contributed by atoms with Gasteiger partial charge in [-0.05, 0) is 24.3 Å². The number of fused-ring (bicyclic) bond motifs is 1. The molecule has 0 spiro atoms. The molecule has 4 aromatic heterocycles. The minimum Gasteiger partial charge on any atom is -0.467 e. The molecule has 0 aliphatic rings. The van der Waals surface area contributed by atoms with E-state index < -0.39 is 0 Å². The van der Waals surface area contributed by atoms with E-state index >= 15 is 0 Å². The highest BCUT2D eigenvalue weighted by atomic mass is 16.3. The molecule has 6 heteroatoms. The Labute approximate surface area is 120 Å². The number of furan rings is 2. The van der Waals surface area contributed by atoms with Crippen LogP contribution in [0.5, 0.6) is 0 Å². The Bertz CT molecular complexity index is 847. The lowest BCUT2D eigenvalue weighted by atomic mass is 10.3. The summed E-state index contributed by atoms with van der Waals surface area (Å²) < 4.78 is 12.7.